The smallest absolute Gasteiger partial charge is 0.194 e. The van der Waals surface area contributed by atoms with Crippen molar-refractivity contribution in [2.45, 2.75) is 12.3 Å². The summed E-state index contributed by atoms with van der Waals surface area (Å²) in [5.74, 6) is -0.537. The van der Waals surface area contributed by atoms with Crippen molar-refractivity contribution in [2.24, 2.45) is 22.9 Å². The van der Waals surface area contributed by atoms with E-state index in [0.717, 1.165) is 0 Å². The standard InChI is InChI=1S/C3H10N4O/c4-2(5)1(8)3(6)7/h2-3H,4-7H2. The van der Waals surface area contributed by atoms with E-state index in [1.165, 1.54) is 0 Å². The van der Waals surface area contributed by atoms with E-state index in [2.05, 4.69) is 0 Å². The predicted molar refractivity (Wildman–Crippen MR) is 29.3 cm³/mol. The van der Waals surface area contributed by atoms with Crippen molar-refractivity contribution in [3.63, 3.8) is 0 Å². The number of Topliss-reactive ketones (excluding diaryl/α,β-unsaturated/α-hetero) is 1. The van der Waals surface area contributed by atoms with Crippen molar-refractivity contribution in [1.82, 2.24) is 0 Å². The Labute approximate surface area is 47.0 Å². The SMILES string of the molecule is NC(N)C(=O)C(N)N. The van der Waals surface area contributed by atoms with Crippen LogP contribution >= 0.6 is 0 Å². The van der Waals surface area contributed by atoms with Crippen LogP contribution < -0.4 is 22.9 Å². The highest BCUT2D eigenvalue weighted by atomic mass is 16.1. The summed E-state index contributed by atoms with van der Waals surface area (Å²) in [5.41, 5.74) is 19.6. The Balaban J connectivity index is 3.65. The van der Waals surface area contributed by atoms with E-state index in [0.29, 0.717) is 0 Å². The summed E-state index contributed by atoms with van der Waals surface area (Å²) in [5, 5.41) is 0. The number of carbonyl (C=O) groups excluding carboxylic acids is 1. The van der Waals surface area contributed by atoms with Gasteiger partial charge in [-0.3, -0.25) is 4.79 Å². The van der Waals surface area contributed by atoms with Crippen LogP contribution in [0.4, 0.5) is 0 Å². The lowest BCUT2D eigenvalue weighted by molar-refractivity contribution is -0.121. The van der Waals surface area contributed by atoms with Gasteiger partial charge in [0.2, 0.25) is 0 Å². The van der Waals surface area contributed by atoms with Gasteiger partial charge in [-0.05, 0) is 0 Å². The summed E-state index contributed by atoms with van der Waals surface area (Å²) in [6, 6.07) is 0. The Morgan fingerprint density at radius 3 is 1.25 bits per heavy atom. The minimum absolute atomic E-state index is 0.537. The summed E-state index contributed by atoms with van der Waals surface area (Å²) in [6.07, 6.45) is -2.09. The highest BCUT2D eigenvalue weighted by Gasteiger charge is 2.11. The lowest BCUT2D eigenvalue weighted by Crippen LogP contribution is -2.52. The van der Waals surface area contributed by atoms with Crippen molar-refractivity contribution in [3.05, 3.63) is 0 Å². The Morgan fingerprint density at radius 1 is 1.00 bits per heavy atom. The number of hydrogen-bond donors (Lipinski definition) is 4. The lowest BCUT2D eigenvalue weighted by atomic mass is 10.3. The molecule has 0 amide bonds. The normalized spacial score (nSPS) is 10.8. The molecule has 0 spiro atoms. The Kier molecular flexibility index (Phi) is 2.56. The largest absolute Gasteiger partial charge is 0.310 e. The molecule has 0 atom stereocenters. The van der Waals surface area contributed by atoms with Crippen molar-refractivity contribution in [3.8, 4) is 0 Å². The topological polar surface area (TPSA) is 121 Å². The molecule has 8 heavy (non-hydrogen) atoms. The van der Waals surface area contributed by atoms with Gasteiger partial charge in [-0.15, -0.1) is 0 Å². The fourth-order valence-corrected chi connectivity index (χ4v) is 0.222. The van der Waals surface area contributed by atoms with Gasteiger partial charge in [0.15, 0.2) is 5.78 Å². The zero-order valence-electron chi connectivity index (χ0n) is 4.37. The van der Waals surface area contributed by atoms with E-state index in [-0.39, 0.29) is 0 Å². The van der Waals surface area contributed by atoms with Crippen LogP contribution in [0.1, 0.15) is 0 Å². The minimum atomic E-state index is -1.05. The second kappa shape index (κ2) is 2.73. The van der Waals surface area contributed by atoms with Crippen LogP contribution in [0.25, 0.3) is 0 Å². The average molecular weight is 118 g/mol. The van der Waals surface area contributed by atoms with E-state index in [1.54, 1.807) is 0 Å². The second-order valence-corrected chi connectivity index (χ2v) is 1.45. The van der Waals surface area contributed by atoms with Crippen molar-refractivity contribution < 1.29 is 4.79 Å². The average Bonchev–Trinajstić information content (AvgIpc) is 1.64. The first-order valence-electron chi connectivity index (χ1n) is 2.11. The number of rotatable bonds is 2. The summed E-state index contributed by atoms with van der Waals surface area (Å²) >= 11 is 0. The number of ketones is 1. The van der Waals surface area contributed by atoms with Gasteiger partial charge < -0.3 is 22.9 Å². The quantitative estimate of drug-likeness (QED) is 0.289. The van der Waals surface area contributed by atoms with Crippen LogP contribution in [0.5, 0.6) is 0 Å². The fraction of sp³-hybridized carbons (Fsp3) is 0.667. The molecule has 0 saturated carbocycles. The van der Waals surface area contributed by atoms with E-state index >= 15 is 0 Å². The molecule has 0 aliphatic rings. The molecule has 0 heterocycles. The number of carbonyl (C=O) groups is 1. The van der Waals surface area contributed by atoms with E-state index in [9.17, 15) is 4.79 Å². The summed E-state index contributed by atoms with van der Waals surface area (Å²) in [7, 11) is 0. The molecule has 5 heteroatoms. The summed E-state index contributed by atoms with van der Waals surface area (Å²) in [4.78, 5) is 10.3. The van der Waals surface area contributed by atoms with Crippen molar-refractivity contribution in [2.75, 3.05) is 0 Å². The molecule has 0 rings (SSSR count). The zero-order valence-corrected chi connectivity index (χ0v) is 4.37. The van der Waals surface area contributed by atoms with Crippen LogP contribution in [0, 0.1) is 0 Å². The molecule has 0 unspecified atom stereocenters. The minimum Gasteiger partial charge on any atom is -0.310 e. The molecular weight excluding hydrogens is 108 g/mol. The third-order valence-electron chi connectivity index (χ3n) is 0.657. The molecule has 0 aliphatic heterocycles. The van der Waals surface area contributed by atoms with Gasteiger partial charge in [-0.2, -0.15) is 0 Å². The number of nitrogens with two attached hydrogens (primary N) is 4. The highest BCUT2D eigenvalue weighted by Crippen LogP contribution is 1.70. The first-order valence-corrected chi connectivity index (χ1v) is 2.11. The molecular formula is C3H10N4O. The molecule has 0 fully saturated rings. The highest BCUT2D eigenvalue weighted by molar-refractivity contribution is 5.87. The first-order chi connectivity index (χ1) is 3.55. The Bertz CT molecular complexity index is 79.3. The van der Waals surface area contributed by atoms with Crippen LogP contribution in [0.3, 0.4) is 0 Å². The molecule has 5 nitrogen and oxygen atoms in total. The molecule has 0 bridgehead atoms. The van der Waals surface area contributed by atoms with Crippen molar-refractivity contribution >= 4 is 5.78 Å². The lowest BCUT2D eigenvalue weighted by Gasteiger charge is -2.05. The van der Waals surface area contributed by atoms with Crippen molar-refractivity contribution in [1.29, 1.82) is 0 Å². The van der Waals surface area contributed by atoms with Gasteiger partial charge in [0.25, 0.3) is 0 Å². The van der Waals surface area contributed by atoms with Gasteiger partial charge in [-0.1, -0.05) is 0 Å². The fourth-order valence-electron chi connectivity index (χ4n) is 0.222. The van der Waals surface area contributed by atoms with Gasteiger partial charge in [0.1, 0.15) is 12.3 Å². The third-order valence-corrected chi connectivity index (χ3v) is 0.657. The molecule has 0 aromatic carbocycles. The molecule has 0 aromatic rings. The summed E-state index contributed by atoms with van der Waals surface area (Å²) < 4.78 is 0. The molecule has 48 valence electrons. The zero-order chi connectivity index (χ0) is 6.73. The van der Waals surface area contributed by atoms with Gasteiger partial charge in [-0.25, -0.2) is 0 Å². The van der Waals surface area contributed by atoms with Crippen LogP contribution in [-0.4, -0.2) is 18.1 Å². The van der Waals surface area contributed by atoms with Gasteiger partial charge >= 0.3 is 0 Å². The van der Waals surface area contributed by atoms with Gasteiger partial charge in [0, 0.05) is 0 Å². The van der Waals surface area contributed by atoms with E-state index in [1.807, 2.05) is 0 Å². The predicted octanol–water partition coefficient (Wildman–Crippen LogP) is -2.96. The monoisotopic (exact) mass is 118 g/mol. The summed E-state index contributed by atoms with van der Waals surface area (Å²) in [6.45, 7) is 0. The Hall–Kier alpha value is -0.490. The first kappa shape index (κ1) is 7.51. The van der Waals surface area contributed by atoms with Crippen LogP contribution in [0.2, 0.25) is 0 Å². The van der Waals surface area contributed by atoms with Crippen LogP contribution in [0.15, 0.2) is 0 Å². The van der Waals surface area contributed by atoms with Crippen LogP contribution in [-0.2, 0) is 4.79 Å². The maximum absolute atomic E-state index is 10.3. The Morgan fingerprint density at radius 2 is 1.25 bits per heavy atom. The molecule has 8 N–H and O–H groups in total. The van der Waals surface area contributed by atoms with E-state index < -0.39 is 18.1 Å². The van der Waals surface area contributed by atoms with E-state index in [4.69, 9.17) is 22.9 Å². The maximum atomic E-state index is 10.3. The molecule has 0 aliphatic carbocycles. The molecule has 0 radical (unpaired) electrons. The van der Waals surface area contributed by atoms with Gasteiger partial charge in [0.05, 0.1) is 0 Å². The maximum Gasteiger partial charge on any atom is 0.194 e. The third kappa shape index (κ3) is 1.99. The second-order valence-electron chi connectivity index (χ2n) is 1.45. The molecule has 0 aromatic heterocycles. The molecule has 0 saturated heterocycles. The number of hydrogen-bond acceptors (Lipinski definition) is 5.